The summed E-state index contributed by atoms with van der Waals surface area (Å²) in [5, 5.41) is 9.02. The van der Waals surface area contributed by atoms with E-state index >= 15 is 4.39 Å². The third kappa shape index (κ3) is 6.64. The minimum absolute atomic E-state index is 0.0220. The quantitative estimate of drug-likeness (QED) is 0.221. The topological polar surface area (TPSA) is 74.4 Å². The van der Waals surface area contributed by atoms with E-state index in [2.05, 4.69) is 27.4 Å². The summed E-state index contributed by atoms with van der Waals surface area (Å²) in [5.41, 5.74) is 0.509. The lowest BCUT2D eigenvalue weighted by Crippen LogP contribution is -2.55. The number of ether oxygens (including phenoxy) is 1. The van der Waals surface area contributed by atoms with Crippen LogP contribution in [0.5, 0.6) is 0 Å². The molecule has 0 spiro atoms. The third-order valence-corrected chi connectivity index (χ3v) is 11.1. The zero-order valence-corrected chi connectivity index (χ0v) is 27.3. The predicted molar refractivity (Wildman–Crippen MR) is 173 cm³/mol. The molecule has 7 nitrogen and oxygen atoms in total. The molecule has 3 aliphatic rings. The molecule has 1 aliphatic carbocycles. The maximum absolute atomic E-state index is 15.1. The van der Waals surface area contributed by atoms with Crippen LogP contribution in [0.4, 0.5) is 18.9 Å². The Labute approximate surface area is 275 Å². The van der Waals surface area contributed by atoms with Crippen molar-refractivity contribution < 1.29 is 22.7 Å². The summed E-state index contributed by atoms with van der Waals surface area (Å²) >= 11 is 0. The highest BCUT2D eigenvalue weighted by Crippen LogP contribution is 2.54. The second-order valence-corrected chi connectivity index (χ2v) is 13.7. The average molecular weight is 648 g/mol. The number of imidazole rings is 1. The number of anilines is 1. The molecule has 2 saturated heterocycles. The van der Waals surface area contributed by atoms with Crippen molar-refractivity contribution >= 4 is 11.7 Å². The first kappa shape index (κ1) is 33.1. The number of rotatable bonds is 11. The van der Waals surface area contributed by atoms with Gasteiger partial charge in [-0.15, -0.1) is 0 Å². The number of piperidine rings is 1. The zero-order chi connectivity index (χ0) is 33.1. The Kier molecular flexibility index (Phi) is 9.93. The molecule has 3 aromatic rings. The molecule has 3 atom stereocenters. The van der Waals surface area contributed by atoms with Crippen molar-refractivity contribution in [2.45, 2.75) is 63.8 Å². The number of aryl methyl sites for hydroxylation is 1. The molecule has 6 rings (SSSR count). The number of nitriles is 1. The second-order valence-electron chi connectivity index (χ2n) is 13.7. The number of halogens is 3. The van der Waals surface area contributed by atoms with Gasteiger partial charge in [0.15, 0.2) is 11.6 Å². The molecule has 0 radical (unpaired) electrons. The lowest BCUT2D eigenvalue weighted by molar-refractivity contribution is -0.142. The largest absolute Gasteiger partial charge is 0.469 e. The van der Waals surface area contributed by atoms with E-state index in [-0.39, 0.29) is 46.7 Å². The van der Waals surface area contributed by atoms with Gasteiger partial charge >= 0.3 is 5.97 Å². The van der Waals surface area contributed by atoms with E-state index in [1.165, 1.54) is 13.2 Å². The Morgan fingerprint density at radius 2 is 1.83 bits per heavy atom. The van der Waals surface area contributed by atoms with Gasteiger partial charge in [-0.1, -0.05) is 25.5 Å². The maximum atomic E-state index is 15.1. The fourth-order valence-corrected chi connectivity index (χ4v) is 9.00. The lowest BCUT2D eigenvalue weighted by Gasteiger charge is -2.51. The first-order valence-corrected chi connectivity index (χ1v) is 16.9. The average Bonchev–Trinajstić information content (AvgIpc) is 3.71. The number of hydrogen-bond acceptors (Lipinski definition) is 6. The minimum atomic E-state index is -0.698. The fraction of sp³-hybridized carbons (Fsp3) is 0.541. The van der Waals surface area contributed by atoms with Gasteiger partial charge in [-0.2, -0.15) is 5.26 Å². The highest BCUT2D eigenvalue weighted by Gasteiger charge is 2.52. The van der Waals surface area contributed by atoms with E-state index in [0.29, 0.717) is 26.1 Å². The molecule has 1 saturated carbocycles. The van der Waals surface area contributed by atoms with E-state index in [1.807, 2.05) is 18.5 Å². The highest BCUT2D eigenvalue weighted by atomic mass is 19.1. The van der Waals surface area contributed by atoms with Crippen molar-refractivity contribution in [1.82, 2.24) is 14.5 Å². The summed E-state index contributed by atoms with van der Waals surface area (Å²) in [4.78, 5) is 21.4. The van der Waals surface area contributed by atoms with Gasteiger partial charge in [0, 0.05) is 62.7 Å². The van der Waals surface area contributed by atoms with Crippen molar-refractivity contribution in [2.24, 2.45) is 23.7 Å². The molecular weight excluding hydrogens is 603 g/mol. The normalized spacial score (nSPS) is 22.1. The number of carbonyl (C=O) groups is 1. The van der Waals surface area contributed by atoms with E-state index in [1.54, 1.807) is 17.0 Å². The summed E-state index contributed by atoms with van der Waals surface area (Å²) < 4.78 is 51.7. The lowest BCUT2D eigenvalue weighted by atomic mass is 9.57. The number of aromatic nitrogens is 2. The fourth-order valence-electron chi connectivity index (χ4n) is 9.00. The smallest absolute Gasteiger partial charge is 0.305 e. The van der Waals surface area contributed by atoms with Crippen LogP contribution in [0, 0.1) is 52.5 Å². The van der Waals surface area contributed by atoms with E-state index in [9.17, 15) is 13.6 Å². The van der Waals surface area contributed by atoms with Crippen molar-refractivity contribution in [2.75, 3.05) is 44.7 Å². The van der Waals surface area contributed by atoms with E-state index < -0.39 is 17.0 Å². The summed E-state index contributed by atoms with van der Waals surface area (Å²) in [6.45, 7) is 6.48. The highest BCUT2D eigenvalue weighted by molar-refractivity contribution is 5.69. The Bertz CT molecular complexity index is 1580. The molecule has 0 bridgehead atoms. The SMILES string of the molecule is CCc1nccn1C[C@@](c1cccc(F)c1)(C1CCN(CC2CN(c3c(F)cc(C#N)cc3F)C2)CC1)[C@H]1CCC[C@@H]1CC(=O)OC. The molecule has 47 heavy (non-hydrogen) atoms. The third-order valence-electron chi connectivity index (χ3n) is 11.1. The Morgan fingerprint density at radius 3 is 2.49 bits per heavy atom. The van der Waals surface area contributed by atoms with Gasteiger partial charge in [0.05, 0.1) is 18.7 Å². The first-order valence-electron chi connectivity index (χ1n) is 16.9. The summed E-state index contributed by atoms with van der Waals surface area (Å²) in [6, 6.07) is 11.1. The molecule has 0 amide bonds. The number of benzene rings is 2. The molecular formula is C37H44F3N5O2. The number of hydrogen-bond donors (Lipinski definition) is 0. The number of esters is 1. The van der Waals surface area contributed by atoms with Crippen LogP contribution in [0.25, 0.3) is 0 Å². The van der Waals surface area contributed by atoms with E-state index in [0.717, 1.165) is 81.7 Å². The van der Waals surface area contributed by atoms with Crippen LogP contribution in [0.2, 0.25) is 0 Å². The number of carbonyl (C=O) groups excluding carboxylic acids is 1. The number of likely N-dealkylation sites (tertiary alicyclic amines) is 1. The van der Waals surface area contributed by atoms with Crippen LogP contribution in [0.3, 0.4) is 0 Å². The van der Waals surface area contributed by atoms with Gasteiger partial charge in [-0.25, -0.2) is 18.2 Å². The number of nitrogens with zero attached hydrogens (tertiary/aromatic N) is 5. The van der Waals surface area contributed by atoms with Gasteiger partial charge in [-0.05, 0) is 86.4 Å². The molecule has 3 heterocycles. The van der Waals surface area contributed by atoms with Crippen LogP contribution in [0.15, 0.2) is 48.8 Å². The van der Waals surface area contributed by atoms with Crippen LogP contribution >= 0.6 is 0 Å². The van der Waals surface area contributed by atoms with Gasteiger partial charge < -0.3 is 19.1 Å². The van der Waals surface area contributed by atoms with Gasteiger partial charge in [0.2, 0.25) is 0 Å². The first-order chi connectivity index (χ1) is 22.7. The van der Waals surface area contributed by atoms with E-state index in [4.69, 9.17) is 10.00 Å². The Morgan fingerprint density at radius 1 is 1.09 bits per heavy atom. The Hall–Kier alpha value is -3.84. The van der Waals surface area contributed by atoms with Crippen LogP contribution in [-0.2, 0) is 27.9 Å². The second kappa shape index (κ2) is 14.1. The molecule has 250 valence electrons. The molecule has 1 aromatic heterocycles. The van der Waals surface area contributed by atoms with Gasteiger partial charge in [-0.3, -0.25) is 4.79 Å². The van der Waals surface area contributed by atoms with Crippen LogP contribution in [0.1, 0.15) is 62.4 Å². The Balaban J connectivity index is 1.23. The molecule has 2 aliphatic heterocycles. The summed E-state index contributed by atoms with van der Waals surface area (Å²) in [6.07, 6.45) is 9.80. The van der Waals surface area contributed by atoms with Crippen molar-refractivity contribution in [3.63, 3.8) is 0 Å². The zero-order valence-electron chi connectivity index (χ0n) is 27.3. The van der Waals surface area contributed by atoms with Crippen LogP contribution in [-0.4, -0.2) is 60.3 Å². The van der Waals surface area contributed by atoms with Crippen molar-refractivity contribution in [3.05, 3.63) is 83.2 Å². The van der Waals surface area contributed by atoms with Crippen molar-refractivity contribution in [1.29, 1.82) is 5.26 Å². The molecule has 0 N–H and O–H groups in total. The molecule has 0 unspecified atom stereocenters. The molecule has 2 aromatic carbocycles. The summed E-state index contributed by atoms with van der Waals surface area (Å²) in [5.74, 6) is -0.00917. The predicted octanol–water partition coefficient (Wildman–Crippen LogP) is 6.50. The van der Waals surface area contributed by atoms with Gasteiger partial charge in [0.1, 0.15) is 17.3 Å². The van der Waals surface area contributed by atoms with Crippen molar-refractivity contribution in [3.8, 4) is 6.07 Å². The van der Waals surface area contributed by atoms with Crippen LogP contribution < -0.4 is 4.90 Å². The minimum Gasteiger partial charge on any atom is -0.469 e. The summed E-state index contributed by atoms with van der Waals surface area (Å²) in [7, 11) is 1.44. The standard InChI is InChI=1S/C37H44F3N5O2/c1-3-34-42-12-15-44(34)24-37(29-7-5-8-30(38)19-29,31-9-4-6-27(31)18-35(46)47-2)28-10-13-43(14-11-28)21-26-22-45(23-26)36-32(39)16-25(20-41)17-33(36)40/h5,7-8,12,15-17,19,26-28,31H,3-4,6,9-11,13-14,18,21-24H2,1-2H3/t27-,31+,37+/m1/s1. The monoisotopic (exact) mass is 647 g/mol. The molecule has 3 fully saturated rings. The van der Waals surface area contributed by atoms with Gasteiger partial charge in [0.25, 0.3) is 0 Å². The number of methoxy groups -OCH3 is 1. The molecule has 10 heteroatoms. The maximum Gasteiger partial charge on any atom is 0.305 e.